The summed E-state index contributed by atoms with van der Waals surface area (Å²) in [4.78, 5) is 35.0. The van der Waals surface area contributed by atoms with E-state index in [1.165, 1.54) is 14.0 Å². The summed E-state index contributed by atoms with van der Waals surface area (Å²) >= 11 is 0. The number of nitro groups is 1. The zero-order valence-electron chi connectivity index (χ0n) is 13.6. The predicted octanol–water partition coefficient (Wildman–Crippen LogP) is 3.01. The minimum Gasteiger partial charge on any atom is -0.444 e. The second-order valence-corrected chi connectivity index (χ2v) is 6.20. The van der Waals surface area contributed by atoms with Crippen LogP contribution >= 0.6 is 0 Å². The number of carbonyl (C=O) groups is 2. The van der Waals surface area contributed by atoms with Crippen LogP contribution in [0.1, 0.15) is 33.3 Å². The summed E-state index contributed by atoms with van der Waals surface area (Å²) < 4.78 is 19.4. The molecular formula is C15H19FN2O5. The summed E-state index contributed by atoms with van der Waals surface area (Å²) in [5.41, 5.74) is -3.81. The van der Waals surface area contributed by atoms with Gasteiger partial charge in [-0.3, -0.25) is 15.0 Å². The van der Waals surface area contributed by atoms with Gasteiger partial charge in [-0.15, -0.1) is 0 Å². The first kappa shape index (κ1) is 18.5. The molecule has 1 aromatic carbocycles. The first-order valence-electron chi connectivity index (χ1n) is 6.80. The van der Waals surface area contributed by atoms with Gasteiger partial charge in [-0.1, -0.05) is 6.07 Å². The van der Waals surface area contributed by atoms with Crippen molar-refractivity contribution in [2.75, 3.05) is 7.05 Å². The van der Waals surface area contributed by atoms with Crippen LogP contribution in [0, 0.1) is 15.9 Å². The maximum absolute atomic E-state index is 14.2. The van der Waals surface area contributed by atoms with Gasteiger partial charge in [0, 0.05) is 13.1 Å². The van der Waals surface area contributed by atoms with Crippen LogP contribution in [0.2, 0.25) is 0 Å². The number of hydrogen-bond donors (Lipinski definition) is 0. The van der Waals surface area contributed by atoms with Crippen molar-refractivity contribution in [1.82, 2.24) is 4.90 Å². The lowest BCUT2D eigenvalue weighted by Crippen LogP contribution is -2.49. The average molecular weight is 326 g/mol. The number of nitrogens with zero attached hydrogens (tertiary/aromatic N) is 2. The number of ether oxygens (including phenoxy) is 1. The van der Waals surface area contributed by atoms with Crippen molar-refractivity contribution in [2.24, 2.45) is 0 Å². The van der Waals surface area contributed by atoms with E-state index in [9.17, 15) is 24.1 Å². The Hall–Kier alpha value is -2.51. The van der Waals surface area contributed by atoms with E-state index in [0.717, 1.165) is 23.1 Å². The van der Waals surface area contributed by atoms with E-state index in [4.69, 9.17) is 4.74 Å². The highest BCUT2D eigenvalue weighted by molar-refractivity contribution is 5.79. The fourth-order valence-corrected chi connectivity index (χ4v) is 1.99. The van der Waals surface area contributed by atoms with Crippen molar-refractivity contribution in [3.63, 3.8) is 0 Å². The lowest BCUT2D eigenvalue weighted by molar-refractivity contribution is -0.386. The molecule has 0 bridgehead atoms. The molecule has 0 fully saturated rings. The Labute approximate surface area is 133 Å². The molecule has 7 nitrogen and oxygen atoms in total. The molecular weight excluding hydrogens is 307 g/mol. The molecule has 8 heteroatoms. The first-order valence-corrected chi connectivity index (χ1v) is 6.80. The van der Waals surface area contributed by atoms with Crippen molar-refractivity contribution in [2.45, 2.75) is 38.8 Å². The van der Waals surface area contributed by atoms with Gasteiger partial charge in [0.05, 0.1) is 10.5 Å². The molecule has 0 aromatic heterocycles. The van der Waals surface area contributed by atoms with Crippen molar-refractivity contribution in [1.29, 1.82) is 0 Å². The van der Waals surface area contributed by atoms with Crippen molar-refractivity contribution < 1.29 is 23.6 Å². The lowest BCUT2D eigenvalue weighted by Gasteiger charge is -2.35. The molecule has 0 saturated carbocycles. The van der Waals surface area contributed by atoms with Gasteiger partial charge in [0.25, 0.3) is 5.69 Å². The van der Waals surface area contributed by atoms with Gasteiger partial charge in [0.15, 0.2) is 0 Å². The largest absolute Gasteiger partial charge is 0.444 e. The van der Waals surface area contributed by atoms with E-state index in [1.54, 1.807) is 20.8 Å². The summed E-state index contributed by atoms with van der Waals surface area (Å²) in [6, 6.07) is 3.23. The number of nitro benzene ring substituents is 1. The Balaban J connectivity index is 3.44. The highest BCUT2D eigenvalue weighted by Crippen LogP contribution is 2.35. The Morgan fingerprint density at radius 2 is 1.91 bits per heavy atom. The van der Waals surface area contributed by atoms with E-state index >= 15 is 0 Å². The SMILES string of the molecule is CN(C(=O)OC(C)(C)C)C(C)(C=O)c1c(F)cccc1[N+](=O)[O-]. The molecule has 0 aliphatic rings. The number of rotatable bonds is 4. The van der Waals surface area contributed by atoms with Gasteiger partial charge in [0.2, 0.25) is 0 Å². The molecule has 126 valence electrons. The molecule has 1 amide bonds. The highest BCUT2D eigenvalue weighted by atomic mass is 19.1. The zero-order valence-corrected chi connectivity index (χ0v) is 13.6. The molecule has 0 radical (unpaired) electrons. The third-order valence-electron chi connectivity index (χ3n) is 3.29. The molecule has 1 rings (SSSR count). The third-order valence-corrected chi connectivity index (χ3v) is 3.29. The second-order valence-electron chi connectivity index (χ2n) is 6.20. The summed E-state index contributed by atoms with van der Waals surface area (Å²) in [7, 11) is 1.22. The number of halogens is 1. The molecule has 1 aromatic rings. The Morgan fingerprint density at radius 3 is 2.35 bits per heavy atom. The van der Waals surface area contributed by atoms with Crippen LogP contribution in [0.15, 0.2) is 18.2 Å². The standard InChI is InChI=1S/C15H19FN2O5/c1-14(2,3)23-13(20)17(5)15(4,9-19)12-10(16)7-6-8-11(12)18(21)22/h6-9H,1-5H3. The van der Waals surface area contributed by atoms with Crippen LogP contribution < -0.4 is 0 Å². The molecule has 0 saturated heterocycles. The molecule has 23 heavy (non-hydrogen) atoms. The Kier molecular flexibility index (Phi) is 5.09. The first-order chi connectivity index (χ1) is 10.4. The molecule has 0 aliphatic carbocycles. The molecule has 1 unspecified atom stereocenters. The number of aldehydes is 1. The highest BCUT2D eigenvalue weighted by Gasteiger charge is 2.43. The minimum atomic E-state index is -1.89. The number of hydrogen-bond acceptors (Lipinski definition) is 5. The zero-order chi connectivity index (χ0) is 18.0. The van der Waals surface area contributed by atoms with Crippen molar-refractivity contribution in [3.05, 3.63) is 39.7 Å². The van der Waals surface area contributed by atoms with Gasteiger partial charge in [0.1, 0.15) is 23.2 Å². The van der Waals surface area contributed by atoms with Crippen molar-refractivity contribution >= 4 is 18.1 Å². The molecule has 0 heterocycles. The van der Waals surface area contributed by atoms with Crippen LogP contribution in [-0.4, -0.2) is 34.9 Å². The second kappa shape index (κ2) is 6.31. The van der Waals surface area contributed by atoms with Crippen molar-refractivity contribution in [3.8, 4) is 0 Å². The minimum absolute atomic E-state index is 0.280. The molecule has 0 spiro atoms. The van der Waals surface area contributed by atoms with E-state index in [2.05, 4.69) is 0 Å². The number of likely N-dealkylation sites (N-methyl/N-ethyl adjacent to an activating group) is 1. The van der Waals surface area contributed by atoms with E-state index in [-0.39, 0.29) is 6.29 Å². The summed E-state index contributed by atoms with van der Waals surface area (Å²) in [6.07, 6.45) is -0.618. The van der Waals surface area contributed by atoms with E-state index < -0.39 is 39.2 Å². The predicted molar refractivity (Wildman–Crippen MR) is 80.5 cm³/mol. The van der Waals surface area contributed by atoms with Crippen LogP contribution in [-0.2, 0) is 15.1 Å². The fourth-order valence-electron chi connectivity index (χ4n) is 1.99. The normalized spacial score (nSPS) is 13.8. The lowest BCUT2D eigenvalue weighted by atomic mass is 9.90. The molecule has 1 atom stereocenters. The maximum atomic E-state index is 14.2. The maximum Gasteiger partial charge on any atom is 0.411 e. The summed E-state index contributed by atoms with van der Waals surface area (Å²) in [5.74, 6) is -0.954. The van der Waals surface area contributed by atoms with Gasteiger partial charge >= 0.3 is 6.09 Å². The number of benzene rings is 1. The fraction of sp³-hybridized carbons (Fsp3) is 0.467. The van der Waals surface area contributed by atoms with Crippen LogP contribution in [0.4, 0.5) is 14.9 Å². The van der Waals surface area contributed by atoms with Crippen LogP contribution in [0.3, 0.4) is 0 Å². The van der Waals surface area contributed by atoms with Crippen LogP contribution in [0.25, 0.3) is 0 Å². The Bertz CT molecular complexity index is 641. The molecule has 0 N–H and O–H groups in total. The van der Waals surface area contributed by atoms with E-state index in [1.807, 2.05) is 0 Å². The van der Waals surface area contributed by atoms with Gasteiger partial charge in [-0.05, 0) is 33.8 Å². The summed E-state index contributed by atoms with van der Waals surface area (Å²) in [5, 5.41) is 11.1. The number of amides is 1. The number of carbonyl (C=O) groups excluding carboxylic acids is 2. The van der Waals surface area contributed by atoms with Gasteiger partial charge in [-0.2, -0.15) is 0 Å². The topological polar surface area (TPSA) is 89.8 Å². The quantitative estimate of drug-likeness (QED) is 0.482. The average Bonchev–Trinajstić information content (AvgIpc) is 2.43. The van der Waals surface area contributed by atoms with Crippen LogP contribution in [0.5, 0.6) is 0 Å². The third kappa shape index (κ3) is 3.82. The smallest absolute Gasteiger partial charge is 0.411 e. The van der Waals surface area contributed by atoms with E-state index in [0.29, 0.717) is 0 Å². The van der Waals surface area contributed by atoms with Gasteiger partial charge in [-0.25, -0.2) is 9.18 Å². The summed E-state index contributed by atoms with van der Waals surface area (Å²) in [6.45, 7) is 6.10. The monoisotopic (exact) mass is 326 g/mol. The van der Waals surface area contributed by atoms with Gasteiger partial charge < -0.3 is 9.53 Å². The molecule has 0 aliphatic heterocycles. The Morgan fingerprint density at radius 1 is 1.35 bits per heavy atom.